The molecule has 9 heteroatoms. The molecule has 0 bridgehead atoms. The lowest BCUT2D eigenvalue weighted by Gasteiger charge is -2.36. The Bertz CT molecular complexity index is 916. The van der Waals surface area contributed by atoms with E-state index in [0.29, 0.717) is 6.54 Å². The minimum atomic E-state index is 0.714. The summed E-state index contributed by atoms with van der Waals surface area (Å²) in [4.78, 5) is 21.6. The number of nitrogens with zero attached hydrogens (tertiary/aromatic N) is 8. The predicted molar refractivity (Wildman–Crippen MR) is 112 cm³/mol. The molecule has 2 aromatic heterocycles. The number of anilines is 1. The fourth-order valence-corrected chi connectivity index (χ4v) is 3.43. The highest BCUT2D eigenvalue weighted by molar-refractivity contribution is 5.80. The molecule has 1 aliphatic heterocycles. The number of aromatic nitrogens is 5. The number of benzene rings is 1. The van der Waals surface area contributed by atoms with E-state index in [4.69, 9.17) is 0 Å². The van der Waals surface area contributed by atoms with E-state index >= 15 is 0 Å². The van der Waals surface area contributed by atoms with Crippen molar-refractivity contribution < 1.29 is 0 Å². The van der Waals surface area contributed by atoms with Crippen molar-refractivity contribution in [2.75, 3.05) is 38.1 Å². The number of hydrogen-bond donors (Lipinski definition) is 1. The van der Waals surface area contributed by atoms with Crippen LogP contribution in [0.25, 0.3) is 0 Å². The van der Waals surface area contributed by atoms with Gasteiger partial charge >= 0.3 is 0 Å². The summed E-state index contributed by atoms with van der Waals surface area (Å²) < 4.78 is 1.82. The minimum Gasteiger partial charge on any atom is -0.352 e. The van der Waals surface area contributed by atoms with Gasteiger partial charge in [-0.3, -0.25) is 4.99 Å². The average molecular weight is 391 g/mol. The summed E-state index contributed by atoms with van der Waals surface area (Å²) in [6, 6.07) is 10.3. The van der Waals surface area contributed by atoms with Gasteiger partial charge in [0.25, 0.3) is 0 Å². The zero-order valence-corrected chi connectivity index (χ0v) is 16.5. The molecule has 1 aliphatic rings. The molecular weight excluding hydrogens is 366 g/mol. The van der Waals surface area contributed by atoms with Crippen molar-refractivity contribution >= 4 is 11.9 Å². The van der Waals surface area contributed by atoms with E-state index in [1.807, 2.05) is 17.8 Å². The molecule has 0 atom stereocenters. The largest absolute Gasteiger partial charge is 0.352 e. The van der Waals surface area contributed by atoms with Gasteiger partial charge in [-0.2, -0.15) is 5.10 Å². The second kappa shape index (κ2) is 9.13. The molecule has 0 spiro atoms. The summed E-state index contributed by atoms with van der Waals surface area (Å²) in [5, 5.41) is 7.66. The molecule has 0 amide bonds. The van der Waals surface area contributed by atoms with Crippen LogP contribution in [0, 0.1) is 0 Å². The average Bonchev–Trinajstić information content (AvgIpc) is 3.29. The molecule has 3 heterocycles. The maximum atomic E-state index is 4.47. The Kier molecular flexibility index (Phi) is 5.94. The van der Waals surface area contributed by atoms with E-state index in [-0.39, 0.29) is 0 Å². The van der Waals surface area contributed by atoms with Crippen molar-refractivity contribution in [2.24, 2.45) is 4.99 Å². The van der Waals surface area contributed by atoms with Crippen molar-refractivity contribution in [1.82, 2.24) is 34.9 Å². The lowest BCUT2D eigenvalue weighted by molar-refractivity contribution is 0.370. The van der Waals surface area contributed by atoms with Crippen molar-refractivity contribution in [3.63, 3.8) is 0 Å². The van der Waals surface area contributed by atoms with Crippen molar-refractivity contribution in [3.05, 3.63) is 66.5 Å². The quantitative estimate of drug-likeness (QED) is 0.513. The highest BCUT2D eigenvalue weighted by Gasteiger charge is 2.20. The molecule has 3 aromatic rings. The first-order valence-corrected chi connectivity index (χ1v) is 9.69. The first-order chi connectivity index (χ1) is 14.3. The number of hydrogen-bond acceptors (Lipinski definition) is 6. The van der Waals surface area contributed by atoms with Gasteiger partial charge in [0.05, 0.1) is 6.54 Å². The Morgan fingerprint density at radius 3 is 2.59 bits per heavy atom. The molecule has 150 valence electrons. The van der Waals surface area contributed by atoms with Crippen LogP contribution in [0.3, 0.4) is 0 Å². The maximum absolute atomic E-state index is 4.47. The molecule has 0 radical (unpaired) electrons. The van der Waals surface area contributed by atoms with Crippen LogP contribution in [0.2, 0.25) is 0 Å². The fraction of sp³-hybridized carbons (Fsp3) is 0.350. The zero-order valence-electron chi connectivity index (χ0n) is 16.5. The molecule has 1 saturated heterocycles. The molecule has 29 heavy (non-hydrogen) atoms. The van der Waals surface area contributed by atoms with Gasteiger partial charge in [0, 0.05) is 52.2 Å². The Labute approximate surface area is 170 Å². The molecule has 1 aromatic carbocycles. The van der Waals surface area contributed by atoms with Crippen molar-refractivity contribution in [3.8, 4) is 0 Å². The Hall–Kier alpha value is -3.49. The molecule has 0 aliphatic carbocycles. The maximum Gasteiger partial charge on any atom is 0.225 e. The third kappa shape index (κ3) is 4.87. The lowest BCUT2D eigenvalue weighted by atomic mass is 10.1. The van der Waals surface area contributed by atoms with Crippen LogP contribution in [0.15, 0.2) is 60.4 Å². The smallest absolute Gasteiger partial charge is 0.225 e. The highest BCUT2D eigenvalue weighted by Crippen LogP contribution is 2.11. The monoisotopic (exact) mass is 391 g/mol. The number of nitrogens with one attached hydrogen (secondary N) is 1. The van der Waals surface area contributed by atoms with Gasteiger partial charge in [-0.05, 0) is 17.2 Å². The van der Waals surface area contributed by atoms with Gasteiger partial charge in [0.1, 0.15) is 12.7 Å². The summed E-state index contributed by atoms with van der Waals surface area (Å²) in [7, 11) is 1.83. The van der Waals surface area contributed by atoms with Crippen LogP contribution < -0.4 is 10.2 Å². The van der Waals surface area contributed by atoms with E-state index in [1.54, 1.807) is 25.0 Å². The Morgan fingerprint density at radius 2 is 1.86 bits per heavy atom. The third-order valence-electron chi connectivity index (χ3n) is 4.88. The van der Waals surface area contributed by atoms with E-state index in [2.05, 4.69) is 64.4 Å². The minimum absolute atomic E-state index is 0.714. The molecule has 1 N–H and O–H groups in total. The SMILES string of the molecule is CN=C(NCc1cccc(Cn2cncn2)c1)N1CCN(c2ncccn2)CC1. The standard InChI is InChI=1S/C20H25N9/c1-21-19(27-8-10-28(11-9-27)20-23-6-3-7-24-20)25-13-17-4-2-5-18(12-17)14-29-16-22-15-26-29/h2-7,12,15-16H,8-11,13-14H2,1H3,(H,21,25). The zero-order chi connectivity index (χ0) is 19.9. The molecule has 1 fully saturated rings. The van der Waals surface area contributed by atoms with E-state index in [9.17, 15) is 0 Å². The molecule has 4 rings (SSSR count). The summed E-state index contributed by atoms with van der Waals surface area (Å²) in [5.74, 6) is 1.71. The molecular formula is C20H25N9. The first kappa shape index (κ1) is 18.9. The van der Waals surface area contributed by atoms with Crippen LogP contribution in [-0.2, 0) is 13.1 Å². The second-order valence-electron chi connectivity index (χ2n) is 6.84. The van der Waals surface area contributed by atoms with Gasteiger partial charge in [0.2, 0.25) is 5.95 Å². The third-order valence-corrected chi connectivity index (χ3v) is 4.88. The van der Waals surface area contributed by atoms with Gasteiger partial charge in [-0.1, -0.05) is 24.3 Å². The van der Waals surface area contributed by atoms with Gasteiger partial charge in [-0.25, -0.2) is 19.6 Å². The van der Waals surface area contributed by atoms with Gasteiger partial charge in [0.15, 0.2) is 5.96 Å². The van der Waals surface area contributed by atoms with Crippen LogP contribution in [0.4, 0.5) is 5.95 Å². The predicted octanol–water partition coefficient (Wildman–Crippen LogP) is 1.01. The van der Waals surface area contributed by atoms with Crippen molar-refractivity contribution in [1.29, 1.82) is 0 Å². The summed E-state index contributed by atoms with van der Waals surface area (Å²) in [6.45, 7) is 4.94. The Balaban J connectivity index is 1.31. The highest BCUT2D eigenvalue weighted by atomic mass is 15.4. The van der Waals surface area contributed by atoms with Gasteiger partial charge in [-0.15, -0.1) is 0 Å². The lowest BCUT2D eigenvalue weighted by Crippen LogP contribution is -2.52. The summed E-state index contributed by atoms with van der Waals surface area (Å²) in [5.41, 5.74) is 2.40. The van der Waals surface area contributed by atoms with Crippen LogP contribution in [0.5, 0.6) is 0 Å². The molecule has 0 unspecified atom stereocenters. The van der Waals surface area contributed by atoms with Crippen molar-refractivity contribution in [2.45, 2.75) is 13.1 Å². The Morgan fingerprint density at radius 1 is 1.07 bits per heavy atom. The number of piperazine rings is 1. The molecule has 9 nitrogen and oxygen atoms in total. The number of aliphatic imine (C=N–C) groups is 1. The fourth-order valence-electron chi connectivity index (χ4n) is 3.43. The van der Waals surface area contributed by atoms with E-state index < -0.39 is 0 Å². The van der Waals surface area contributed by atoms with Crippen LogP contribution in [-0.4, -0.2) is 68.8 Å². The van der Waals surface area contributed by atoms with Crippen LogP contribution in [0.1, 0.15) is 11.1 Å². The normalized spacial score (nSPS) is 14.9. The first-order valence-electron chi connectivity index (χ1n) is 9.69. The second-order valence-corrected chi connectivity index (χ2v) is 6.84. The van der Waals surface area contributed by atoms with E-state index in [0.717, 1.165) is 44.6 Å². The number of rotatable bonds is 5. The van der Waals surface area contributed by atoms with Gasteiger partial charge < -0.3 is 15.1 Å². The van der Waals surface area contributed by atoms with Crippen LogP contribution >= 0.6 is 0 Å². The van der Waals surface area contributed by atoms with E-state index in [1.165, 1.54) is 11.1 Å². The number of guanidine groups is 1. The molecule has 0 saturated carbocycles. The topological polar surface area (TPSA) is 87.4 Å². The summed E-state index contributed by atoms with van der Waals surface area (Å²) in [6.07, 6.45) is 6.85. The summed E-state index contributed by atoms with van der Waals surface area (Å²) >= 11 is 0.